The Hall–Kier alpha value is -10.6. The Morgan fingerprint density at radius 1 is 0.500 bits per heavy atom. The number of aliphatic carboxylic acids is 1. The number of amides is 20. The van der Waals surface area contributed by atoms with Crippen LogP contribution in [0.5, 0.6) is 0 Å². The van der Waals surface area contributed by atoms with Gasteiger partial charge in [0.1, 0.15) is 96.7 Å². The fourth-order valence-electron chi connectivity index (χ4n) is 12.0. The van der Waals surface area contributed by atoms with Gasteiger partial charge in [-0.3, -0.25) is 101 Å². The van der Waals surface area contributed by atoms with Gasteiger partial charge in [0.15, 0.2) is 5.96 Å². The van der Waals surface area contributed by atoms with Crippen LogP contribution in [0.3, 0.4) is 0 Å². The molecule has 0 aromatic heterocycles. The maximum atomic E-state index is 15.0. The number of primary amides is 4. The van der Waals surface area contributed by atoms with E-state index in [1.807, 2.05) is 0 Å². The first kappa shape index (κ1) is 99.8. The lowest BCUT2D eigenvalue weighted by Crippen LogP contribution is -2.62. The van der Waals surface area contributed by atoms with Gasteiger partial charge in [-0.15, -0.1) is 0 Å². The standard InChI is InChI=1S/C66H106N24O24S4/c1-6-28(4)49-62(110)86-40(65(113)114)26-118-117-25-39-58(106)83-36(22-92)55(103)82-35(19-46(71)96)64(112)89-14-8-11-41(89)59(107)76-29(5)50(98)84-38(24-116-115-23-37(56(104)85-39)77-47(97)20-75-51(99)30(67)21-91)57(105)78-31(10-7-13-74-66(72)73)52(100)87-48(27(2)3)61(109)80-32(16-43(68)93)53(101)81-34(18-45(70)95)63(111)90-15-9-12-42(90)60(108)79-33(17-44(69)94)54(102)88-49/h27-42,48-49,91-92H,6-26,67H2,1-5H3,(H2,68,93)(H2,69,94)(H2,70,95)(H2,71,96)(H,75,99)(H,76,107)(H,77,97)(H,78,105)(H,79,108)(H,80,109)(H,81,101)(H,82,103)(H,83,106)(H,84,98)(H,85,104)(H,86,110)(H,87,100)(H,88,102)(H,113,114)(H4,72,73,74)/t28-,29-,30-,31-,32-,33-,34-,35-,36-,37-,38-,39-,40-,41-,42-,48-,49-/m0/s1. The van der Waals surface area contributed by atoms with Crippen molar-refractivity contribution >= 4 is 173 Å². The molecule has 31 N–H and O–H groups in total. The molecule has 48 nitrogen and oxygen atoms in total. The number of aliphatic hydroxyl groups excluding tert-OH is 2. The normalized spacial score (nSPS) is 27.4. The zero-order valence-corrected chi connectivity index (χ0v) is 68.4. The molecule has 4 aliphatic rings. The van der Waals surface area contributed by atoms with Gasteiger partial charge in [0.05, 0.1) is 45.4 Å². The summed E-state index contributed by atoms with van der Waals surface area (Å²) in [5.74, 6) is -30.1. The lowest BCUT2D eigenvalue weighted by Gasteiger charge is -2.31. The second-order valence-corrected chi connectivity index (χ2v) is 33.3. The van der Waals surface area contributed by atoms with E-state index in [0.717, 1.165) is 9.80 Å². The summed E-state index contributed by atoms with van der Waals surface area (Å²) in [4.78, 5) is 295. The van der Waals surface area contributed by atoms with Crippen molar-refractivity contribution in [3.63, 3.8) is 0 Å². The van der Waals surface area contributed by atoms with E-state index in [4.69, 9.17) is 39.8 Å². The largest absolute Gasteiger partial charge is 0.480 e. The smallest absolute Gasteiger partial charge is 0.327 e. The molecule has 0 unspecified atom stereocenters. The molecule has 2 bridgehead atoms. The Balaban J connectivity index is 2.02. The van der Waals surface area contributed by atoms with Gasteiger partial charge in [-0.2, -0.15) is 0 Å². The molecular formula is C66H106N24O24S4. The quantitative estimate of drug-likeness (QED) is 0.0207. The number of guanidine groups is 1. The van der Waals surface area contributed by atoms with E-state index in [2.05, 4.69) is 79.8 Å². The van der Waals surface area contributed by atoms with Gasteiger partial charge in [-0.05, 0) is 57.3 Å². The Bertz CT molecular complexity index is 3740. The SMILES string of the molecule is CC[C@H](C)[C@@H]1NC(=O)[C@H](CC(N)=O)NC(=O)[C@@H]2CCCN2C(=O)[C@H](CC(N)=O)NC(=O)[C@H](CC(N)=O)NC(=O)[C@H](C(C)C)NC(=O)[C@H](CCCNC(=N)N)NC(=O)[C@@H]2CSSC[C@H](NC(=O)CNC(=O)[C@@H](N)CO)C(=O)N[C@@H](CSSC[C@@H](C(=O)O)NC1=O)C(=O)N[C@@H](CO)C(=O)N[C@@H](CC(N)=O)C(=O)N1CCC[C@H]1C(=O)N[C@@H](C)C(=O)N2. The summed E-state index contributed by atoms with van der Waals surface area (Å²) >= 11 is 0. The fraction of sp³-hybridized carbons (Fsp3) is 0.667. The van der Waals surface area contributed by atoms with Gasteiger partial charge in [-0.25, -0.2) is 4.79 Å². The summed E-state index contributed by atoms with van der Waals surface area (Å²) in [5.41, 5.74) is 33.4. The Morgan fingerprint density at radius 3 is 1.41 bits per heavy atom. The van der Waals surface area contributed by atoms with Gasteiger partial charge in [0.2, 0.25) is 118 Å². The highest BCUT2D eigenvalue weighted by molar-refractivity contribution is 8.77. The van der Waals surface area contributed by atoms with E-state index in [-0.39, 0.29) is 64.6 Å². The first-order valence-electron chi connectivity index (χ1n) is 37.2. The van der Waals surface area contributed by atoms with Crippen LogP contribution in [0.4, 0.5) is 0 Å². The molecule has 17 atom stereocenters. The number of hydrogen-bond acceptors (Lipinski definition) is 29. The number of nitrogens with one attached hydrogen (secondary N) is 16. The molecule has 4 saturated heterocycles. The summed E-state index contributed by atoms with van der Waals surface area (Å²) < 4.78 is 0. The highest BCUT2D eigenvalue weighted by Gasteiger charge is 2.45. The third-order valence-corrected chi connectivity index (χ3v) is 23.5. The minimum atomic E-state index is -2.06. The molecule has 118 heavy (non-hydrogen) atoms. The summed E-state index contributed by atoms with van der Waals surface area (Å²) in [6.45, 7) is 3.41. The van der Waals surface area contributed by atoms with Gasteiger partial charge in [0, 0.05) is 42.6 Å². The molecule has 4 heterocycles. The van der Waals surface area contributed by atoms with Crippen LogP contribution in [0.25, 0.3) is 0 Å². The number of nitrogens with two attached hydrogens (primary N) is 6. The van der Waals surface area contributed by atoms with Crippen molar-refractivity contribution in [1.29, 1.82) is 5.41 Å². The van der Waals surface area contributed by atoms with Crippen molar-refractivity contribution in [1.82, 2.24) is 89.6 Å². The van der Waals surface area contributed by atoms with Crippen LogP contribution in [-0.2, 0) is 101 Å². The lowest BCUT2D eigenvalue weighted by molar-refractivity contribution is -0.144. The van der Waals surface area contributed by atoms with E-state index in [1.165, 1.54) is 27.7 Å². The number of rotatable bonds is 22. The molecule has 20 amide bonds. The third kappa shape index (κ3) is 32.0. The Morgan fingerprint density at radius 2 is 0.924 bits per heavy atom. The maximum Gasteiger partial charge on any atom is 0.327 e. The predicted octanol–water partition coefficient (Wildman–Crippen LogP) is -12.9. The number of carbonyl (C=O) groups excluding carboxylic acids is 20. The van der Waals surface area contributed by atoms with Crippen molar-refractivity contribution in [2.24, 2.45) is 46.2 Å². The number of carboxylic acids is 1. The van der Waals surface area contributed by atoms with E-state index in [0.29, 0.717) is 43.2 Å². The van der Waals surface area contributed by atoms with E-state index < -0.39 is 307 Å². The summed E-state index contributed by atoms with van der Waals surface area (Å²) in [7, 11) is 2.68. The van der Waals surface area contributed by atoms with Crippen molar-refractivity contribution in [3.8, 4) is 0 Å². The average molecular weight is 1750 g/mol. The van der Waals surface area contributed by atoms with Crippen molar-refractivity contribution in [2.45, 2.75) is 202 Å². The van der Waals surface area contributed by atoms with E-state index >= 15 is 0 Å². The number of carboxylic acid groups (broad SMARTS) is 1. The molecule has 0 aromatic carbocycles. The second kappa shape index (κ2) is 49.0. The van der Waals surface area contributed by atoms with Gasteiger partial charge in [-0.1, -0.05) is 77.3 Å². The van der Waals surface area contributed by atoms with Crippen LogP contribution >= 0.6 is 43.2 Å². The molecule has 0 aliphatic carbocycles. The topological polar surface area (TPSA) is 786 Å². The minimum absolute atomic E-state index is 0.0592. The first-order chi connectivity index (χ1) is 55.5. The average Bonchev–Trinajstić information content (AvgIpc) is 1.64. The van der Waals surface area contributed by atoms with Crippen LogP contribution in [0.1, 0.15) is 105 Å². The lowest BCUT2D eigenvalue weighted by atomic mass is 9.97. The fourth-order valence-corrected chi connectivity index (χ4v) is 16.7. The van der Waals surface area contributed by atoms with Gasteiger partial charge in [0.25, 0.3) is 0 Å². The predicted molar refractivity (Wildman–Crippen MR) is 422 cm³/mol. The van der Waals surface area contributed by atoms with Crippen LogP contribution in [0, 0.1) is 17.2 Å². The van der Waals surface area contributed by atoms with Crippen molar-refractivity contribution < 1.29 is 116 Å². The zero-order valence-electron chi connectivity index (χ0n) is 65.1. The van der Waals surface area contributed by atoms with Crippen molar-refractivity contribution in [2.75, 3.05) is 62.4 Å². The molecule has 4 rings (SSSR count). The molecule has 0 aromatic rings. The summed E-state index contributed by atoms with van der Waals surface area (Å²) in [5, 5.41) is 73.9. The number of nitrogens with zero attached hydrogens (tertiary/aromatic N) is 2. The highest BCUT2D eigenvalue weighted by atomic mass is 33.1. The number of hydrogen-bond donors (Lipinski definition) is 25. The van der Waals surface area contributed by atoms with Crippen LogP contribution in [0.2, 0.25) is 0 Å². The molecule has 0 spiro atoms. The van der Waals surface area contributed by atoms with Crippen LogP contribution in [0.15, 0.2) is 0 Å². The van der Waals surface area contributed by atoms with Crippen molar-refractivity contribution in [3.05, 3.63) is 0 Å². The molecule has 4 aliphatic heterocycles. The molecule has 0 radical (unpaired) electrons. The van der Waals surface area contributed by atoms with Crippen LogP contribution in [-0.4, -0.2) is 314 Å². The Labute approximate surface area is 691 Å². The molecular weight excluding hydrogens is 1640 g/mol. The molecule has 658 valence electrons. The third-order valence-electron chi connectivity index (χ3n) is 18.6. The summed E-state index contributed by atoms with van der Waals surface area (Å²) in [6.07, 6.45) is -4.32. The van der Waals surface area contributed by atoms with Gasteiger partial charge >= 0.3 is 5.97 Å². The summed E-state index contributed by atoms with van der Waals surface area (Å²) in [6, 6.07) is -28.7. The molecule has 0 saturated carbocycles. The zero-order chi connectivity index (χ0) is 88.5. The molecule has 52 heteroatoms. The number of fused-ring (bicyclic) bond motifs is 10. The number of aliphatic hydroxyl groups is 2. The van der Waals surface area contributed by atoms with Gasteiger partial charge < -0.3 is 139 Å². The second-order valence-electron chi connectivity index (χ2n) is 28.2. The van der Waals surface area contributed by atoms with E-state index in [9.17, 15) is 116 Å². The number of carbonyl (C=O) groups is 21. The maximum absolute atomic E-state index is 15.0. The van der Waals surface area contributed by atoms with E-state index in [1.54, 1.807) is 6.92 Å². The highest BCUT2D eigenvalue weighted by Crippen LogP contribution is 2.27. The molecule has 4 fully saturated rings. The monoisotopic (exact) mass is 1750 g/mol. The Kier molecular flexibility index (Phi) is 41.4. The minimum Gasteiger partial charge on any atom is -0.480 e. The first-order valence-corrected chi connectivity index (χ1v) is 42.2. The van der Waals surface area contributed by atoms with Crippen LogP contribution < -0.4 is 114 Å².